The van der Waals surface area contributed by atoms with Crippen LogP contribution in [-0.2, 0) is 9.53 Å². The maximum absolute atomic E-state index is 13.1. The summed E-state index contributed by atoms with van der Waals surface area (Å²) in [7, 11) is 0. The fourth-order valence-electron chi connectivity index (χ4n) is 3.77. The van der Waals surface area contributed by atoms with Gasteiger partial charge in [-0.25, -0.2) is 9.79 Å². The number of aliphatic imine (C=N–C) groups is 1. The van der Waals surface area contributed by atoms with Gasteiger partial charge in [-0.2, -0.15) is 0 Å². The van der Waals surface area contributed by atoms with Crippen LogP contribution in [0.4, 0.5) is 0 Å². The summed E-state index contributed by atoms with van der Waals surface area (Å²) in [4.78, 5) is 19.9. The molecule has 0 fully saturated rings. The quantitative estimate of drug-likeness (QED) is 0.498. The van der Waals surface area contributed by atoms with E-state index in [0.29, 0.717) is 29.5 Å². The molecule has 2 aromatic rings. The standard InChI is InChI=1S/C24H23ClN2O3S/c1-4-29-20-9-7-6-8-18(20)22-21(23(28)30-5-2)15(3)26-24-27(22)19(14-31-24)16-10-12-17(25)13-11-16/h6-14,22H,4-5H2,1-3H3/t22-/m0/s1. The normalized spacial score (nSPS) is 17.8. The first-order valence-corrected chi connectivity index (χ1v) is 11.4. The number of ether oxygens (including phenoxy) is 2. The molecule has 2 heterocycles. The third-order valence-electron chi connectivity index (χ3n) is 5.08. The van der Waals surface area contributed by atoms with E-state index < -0.39 is 6.04 Å². The molecule has 2 aliphatic rings. The Morgan fingerprint density at radius 3 is 2.58 bits per heavy atom. The van der Waals surface area contributed by atoms with Crippen LogP contribution in [0.3, 0.4) is 0 Å². The van der Waals surface area contributed by atoms with Crippen molar-refractivity contribution in [1.82, 2.24) is 4.90 Å². The Bertz CT molecular complexity index is 1090. The summed E-state index contributed by atoms with van der Waals surface area (Å²) in [6.07, 6.45) is 0. The Labute approximate surface area is 191 Å². The molecule has 0 unspecified atom stereocenters. The zero-order chi connectivity index (χ0) is 22.0. The summed E-state index contributed by atoms with van der Waals surface area (Å²) in [5, 5.41) is 3.54. The Morgan fingerprint density at radius 2 is 1.87 bits per heavy atom. The van der Waals surface area contributed by atoms with Crippen LogP contribution in [0.25, 0.3) is 5.70 Å². The molecule has 0 N–H and O–H groups in total. The number of hydrogen-bond donors (Lipinski definition) is 0. The third kappa shape index (κ3) is 4.10. The molecule has 5 nitrogen and oxygen atoms in total. The maximum atomic E-state index is 13.1. The fraction of sp³-hybridized carbons (Fsp3) is 0.250. The van der Waals surface area contributed by atoms with Crippen LogP contribution in [0.15, 0.2) is 70.2 Å². The monoisotopic (exact) mass is 454 g/mol. The van der Waals surface area contributed by atoms with Crippen molar-refractivity contribution in [2.75, 3.05) is 13.2 Å². The van der Waals surface area contributed by atoms with Crippen LogP contribution in [0.1, 0.15) is 37.9 Å². The van der Waals surface area contributed by atoms with Gasteiger partial charge in [-0.3, -0.25) is 0 Å². The van der Waals surface area contributed by atoms with E-state index in [1.54, 1.807) is 6.92 Å². The minimum absolute atomic E-state index is 0.292. The third-order valence-corrected chi connectivity index (χ3v) is 6.17. The second kappa shape index (κ2) is 9.20. The molecule has 0 bridgehead atoms. The molecule has 31 heavy (non-hydrogen) atoms. The number of esters is 1. The van der Waals surface area contributed by atoms with Crippen LogP contribution in [-0.4, -0.2) is 29.3 Å². The van der Waals surface area contributed by atoms with Gasteiger partial charge >= 0.3 is 5.97 Å². The van der Waals surface area contributed by atoms with Crippen LogP contribution in [0.5, 0.6) is 5.75 Å². The van der Waals surface area contributed by atoms with Gasteiger partial charge < -0.3 is 14.4 Å². The highest BCUT2D eigenvalue weighted by atomic mass is 35.5. The lowest BCUT2D eigenvalue weighted by Gasteiger charge is -2.37. The molecular weight excluding hydrogens is 432 g/mol. The minimum atomic E-state index is -0.425. The molecule has 0 saturated heterocycles. The van der Waals surface area contributed by atoms with Gasteiger partial charge in [0.25, 0.3) is 0 Å². The number of amidine groups is 1. The highest BCUT2D eigenvalue weighted by molar-refractivity contribution is 8.16. The van der Waals surface area contributed by atoms with Crippen molar-refractivity contribution in [1.29, 1.82) is 0 Å². The number of benzene rings is 2. The van der Waals surface area contributed by atoms with Crippen molar-refractivity contribution < 1.29 is 14.3 Å². The molecule has 0 radical (unpaired) electrons. The Kier molecular flexibility index (Phi) is 6.39. The first kappa shape index (κ1) is 21.5. The van der Waals surface area contributed by atoms with E-state index in [4.69, 9.17) is 26.1 Å². The summed E-state index contributed by atoms with van der Waals surface area (Å²) in [5.41, 5.74) is 4.00. The van der Waals surface area contributed by atoms with Crippen molar-refractivity contribution >= 4 is 40.2 Å². The molecule has 160 valence electrons. The lowest BCUT2D eigenvalue weighted by molar-refractivity contribution is -0.139. The SMILES string of the molecule is CCOC(=O)C1=C(C)N=C2SC=C(c3ccc(Cl)cc3)N2[C@H]1c1ccccc1OCC. The number of para-hydroxylation sites is 1. The number of hydrogen-bond acceptors (Lipinski definition) is 6. The lowest BCUT2D eigenvalue weighted by atomic mass is 9.92. The van der Waals surface area contributed by atoms with E-state index in [-0.39, 0.29) is 5.97 Å². The molecule has 2 aliphatic heterocycles. The number of fused-ring (bicyclic) bond motifs is 1. The second-order valence-electron chi connectivity index (χ2n) is 6.99. The van der Waals surface area contributed by atoms with Crippen LogP contribution >= 0.6 is 23.4 Å². The molecule has 0 aromatic heterocycles. The summed E-state index contributed by atoms with van der Waals surface area (Å²) in [5.74, 6) is 0.365. The van der Waals surface area contributed by atoms with Crippen molar-refractivity contribution in [3.05, 3.63) is 81.4 Å². The van der Waals surface area contributed by atoms with Crippen LogP contribution in [0, 0.1) is 0 Å². The smallest absolute Gasteiger partial charge is 0.338 e. The van der Waals surface area contributed by atoms with E-state index >= 15 is 0 Å². The molecule has 0 saturated carbocycles. The van der Waals surface area contributed by atoms with Crippen molar-refractivity contribution in [2.45, 2.75) is 26.8 Å². The van der Waals surface area contributed by atoms with Gasteiger partial charge in [-0.1, -0.05) is 53.7 Å². The van der Waals surface area contributed by atoms with Gasteiger partial charge in [0.2, 0.25) is 0 Å². The summed E-state index contributed by atoms with van der Waals surface area (Å²) < 4.78 is 11.4. The predicted molar refractivity (Wildman–Crippen MR) is 126 cm³/mol. The summed E-state index contributed by atoms with van der Waals surface area (Å²) in [6, 6.07) is 15.0. The highest BCUT2D eigenvalue weighted by Gasteiger charge is 2.42. The Balaban J connectivity index is 1.89. The second-order valence-corrected chi connectivity index (χ2v) is 8.26. The number of carbonyl (C=O) groups excluding carboxylic acids is 1. The predicted octanol–water partition coefficient (Wildman–Crippen LogP) is 6.03. The average molecular weight is 455 g/mol. The highest BCUT2D eigenvalue weighted by Crippen LogP contribution is 2.48. The summed E-state index contributed by atoms with van der Waals surface area (Å²) >= 11 is 7.64. The summed E-state index contributed by atoms with van der Waals surface area (Å²) in [6.45, 7) is 6.42. The maximum Gasteiger partial charge on any atom is 0.338 e. The van der Waals surface area contributed by atoms with E-state index in [1.165, 1.54) is 11.8 Å². The number of allylic oxidation sites excluding steroid dienone is 1. The molecule has 1 atom stereocenters. The van der Waals surface area contributed by atoms with Crippen molar-refractivity contribution in [3.63, 3.8) is 0 Å². The molecular formula is C24H23ClN2O3S. The van der Waals surface area contributed by atoms with Crippen LogP contribution < -0.4 is 4.74 Å². The number of thioether (sulfide) groups is 1. The van der Waals surface area contributed by atoms with Gasteiger partial charge in [-0.15, -0.1) is 0 Å². The van der Waals surface area contributed by atoms with Gasteiger partial charge in [-0.05, 0) is 44.5 Å². The number of carbonyl (C=O) groups is 1. The molecule has 0 aliphatic carbocycles. The Morgan fingerprint density at radius 1 is 1.13 bits per heavy atom. The molecule has 4 rings (SSSR count). The van der Waals surface area contributed by atoms with Gasteiger partial charge in [0.15, 0.2) is 5.17 Å². The zero-order valence-electron chi connectivity index (χ0n) is 17.6. The van der Waals surface area contributed by atoms with Crippen molar-refractivity contribution in [2.24, 2.45) is 4.99 Å². The van der Waals surface area contributed by atoms with Gasteiger partial charge in [0, 0.05) is 16.0 Å². The minimum Gasteiger partial charge on any atom is -0.494 e. The van der Waals surface area contributed by atoms with Crippen molar-refractivity contribution in [3.8, 4) is 5.75 Å². The van der Waals surface area contributed by atoms with E-state index in [1.807, 2.05) is 62.4 Å². The number of rotatable bonds is 6. The Hall–Kier alpha value is -2.70. The molecule has 0 amide bonds. The fourth-order valence-corrected chi connectivity index (χ4v) is 4.87. The largest absolute Gasteiger partial charge is 0.494 e. The number of halogens is 1. The average Bonchev–Trinajstić information content (AvgIpc) is 3.17. The van der Waals surface area contributed by atoms with Gasteiger partial charge in [0.05, 0.1) is 36.2 Å². The van der Waals surface area contributed by atoms with Crippen LogP contribution in [0.2, 0.25) is 5.02 Å². The van der Waals surface area contributed by atoms with E-state index in [0.717, 1.165) is 27.7 Å². The lowest BCUT2D eigenvalue weighted by Crippen LogP contribution is -2.36. The molecule has 2 aromatic carbocycles. The number of nitrogens with zero attached hydrogens (tertiary/aromatic N) is 2. The first-order chi connectivity index (χ1) is 15.0. The zero-order valence-corrected chi connectivity index (χ0v) is 19.2. The molecule has 0 spiro atoms. The van der Waals surface area contributed by atoms with Gasteiger partial charge in [0.1, 0.15) is 5.75 Å². The molecule has 7 heteroatoms. The van der Waals surface area contributed by atoms with E-state index in [9.17, 15) is 4.79 Å². The van der Waals surface area contributed by atoms with E-state index in [2.05, 4.69) is 10.3 Å². The first-order valence-electron chi connectivity index (χ1n) is 10.2. The topological polar surface area (TPSA) is 51.1 Å².